The largest absolute Gasteiger partial charge is 0.308 e. The summed E-state index contributed by atoms with van der Waals surface area (Å²) in [6.07, 6.45) is 0.747. The van der Waals surface area contributed by atoms with Gasteiger partial charge in [0.15, 0.2) is 5.82 Å². The van der Waals surface area contributed by atoms with Gasteiger partial charge in [-0.2, -0.15) is 0 Å². The number of rotatable bonds is 7. The number of likely N-dealkylation sites (N-methyl/N-ethyl adjacent to an activating group) is 2. The molecule has 1 rings (SSSR count). The molecule has 0 bridgehead atoms. The van der Waals surface area contributed by atoms with Gasteiger partial charge in [0.1, 0.15) is 0 Å². The van der Waals surface area contributed by atoms with Crippen molar-refractivity contribution < 1.29 is 0 Å². The van der Waals surface area contributed by atoms with Crippen molar-refractivity contribution in [1.29, 1.82) is 0 Å². The highest BCUT2D eigenvalue weighted by Crippen LogP contribution is 2.02. The number of hydrogen-bond acceptors (Lipinski definition) is 6. The Morgan fingerprint density at radius 2 is 2.06 bits per heavy atom. The van der Waals surface area contributed by atoms with Crippen molar-refractivity contribution in [2.24, 2.45) is 0 Å². The molecule has 0 aromatic carbocycles. The Morgan fingerprint density at radius 1 is 1.35 bits per heavy atom. The molecule has 0 radical (unpaired) electrons. The Hall–Kier alpha value is -0.920. The van der Waals surface area contributed by atoms with Gasteiger partial charge in [0, 0.05) is 19.0 Å². The lowest BCUT2D eigenvalue weighted by Crippen LogP contribution is -2.32. The zero-order chi connectivity index (χ0) is 12.8. The Morgan fingerprint density at radius 3 is 2.59 bits per heavy atom. The Kier molecular flexibility index (Phi) is 5.60. The van der Waals surface area contributed by atoms with Crippen molar-refractivity contribution >= 4 is 17.6 Å². The summed E-state index contributed by atoms with van der Waals surface area (Å²) in [4.78, 5) is 4.17. The Balaban J connectivity index is 2.64. The van der Waals surface area contributed by atoms with Gasteiger partial charge in [-0.25, -0.2) is 4.68 Å². The molecule has 0 saturated carbocycles. The first-order valence-electron chi connectivity index (χ1n) is 5.56. The van der Waals surface area contributed by atoms with Crippen molar-refractivity contribution in [1.82, 2.24) is 30.0 Å². The number of hydrogen-bond donors (Lipinski definition) is 0. The first-order valence-corrected chi connectivity index (χ1v) is 6.03. The highest BCUT2D eigenvalue weighted by molar-refractivity contribution is 7.79. The highest BCUT2D eigenvalue weighted by Gasteiger charge is 2.14. The summed E-state index contributed by atoms with van der Waals surface area (Å²) in [6, 6.07) is 0.189. The fourth-order valence-corrected chi connectivity index (χ4v) is 1.72. The van der Waals surface area contributed by atoms with Gasteiger partial charge in [-0.1, -0.05) is 12.2 Å². The van der Waals surface area contributed by atoms with E-state index in [9.17, 15) is 0 Å². The standard InChI is InChI=1S/C10H20N6S/c1-14(2)5-6-16-10(11-12-13-16)7-9(8-17)15(3)4/h8-9H,5-7H2,1-4H3. The van der Waals surface area contributed by atoms with Crippen molar-refractivity contribution in [3.8, 4) is 0 Å². The zero-order valence-electron chi connectivity index (χ0n) is 10.9. The normalized spacial score (nSPS) is 13.3. The van der Waals surface area contributed by atoms with Gasteiger partial charge in [-0.15, -0.1) is 5.10 Å². The molecule has 17 heavy (non-hydrogen) atoms. The first kappa shape index (κ1) is 14.1. The lowest BCUT2D eigenvalue weighted by molar-refractivity contribution is 0.344. The average molecular weight is 256 g/mol. The summed E-state index contributed by atoms with van der Waals surface area (Å²) >= 11 is 5.02. The van der Waals surface area contributed by atoms with E-state index >= 15 is 0 Å². The van der Waals surface area contributed by atoms with Crippen LogP contribution in [0.5, 0.6) is 0 Å². The van der Waals surface area contributed by atoms with E-state index in [0.717, 1.165) is 25.3 Å². The van der Waals surface area contributed by atoms with Crippen LogP contribution < -0.4 is 0 Å². The lowest BCUT2D eigenvalue weighted by atomic mass is 10.2. The van der Waals surface area contributed by atoms with Gasteiger partial charge in [-0.3, -0.25) is 0 Å². The van der Waals surface area contributed by atoms with Crippen molar-refractivity contribution in [3.05, 3.63) is 5.82 Å². The maximum atomic E-state index is 5.02. The van der Waals surface area contributed by atoms with Gasteiger partial charge in [0.2, 0.25) is 0 Å². The lowest BCUT2D eigenvalue weighted by Gasteiger charge is -2.19. The van der Waals surface area contributed by atoms with E-state index in [4.69, 9.17) is 12.2 Å². The minimum Gasteiger partial charge on any atom is -0.308 e. The minimum absolute atomic E-state index is 0.189. The van der Waals surface area contributed by atoms with Crippen LogP contribution >= 0.6 is 12.2 Å². The Labute approximate surface area is 108 Å². The van der Waals surface area contributed by atoms with Gasteiger partial charge in [0.05, 0.1) is 6.54 Å². The number of aromatic nitrogens is 4. The molecule has 1 unspecified atom stereocenters. The van der Waals surface area contributed by atoms with Crippen LogP contribution in [0.2, 0.25) is 0 Å². The first-order chi connectivity index (χ1) is 8.04. The van der Waals surface area contributed by atoms with Crippen LogP contribution in [0.1, 0.15) is 5.82 Å². The van der Waals surface area contributed by atoms with E-state index in [-0.39, 0.29) is 6.04 Å². The minimum atomic E-state index is 0.189. The molecule has 0 aliphatic rings. The number of nitrogens with zero attached hydrogens (tertiary/aromatic N) is 6. The highest BCUT2D eigenvalue weighted by atomic mass is 32.1. The summed E-state index contributed by atoms with van der Waals surface area (Å²) < 4.78 is 1.84. The topological polar surface area (TPSA) is 50.1 Å². The zero-order valence-corrected chi connectivity index (χ0v) is 11.7. The SMILES string of the molecule is CN(C)CCn1nnnc1CC(C=S)N(C)C. The molecule has 96 valence electrons. The van der Waals surface area contributed by atoms with Crippen LogP contribution in [-0.2, 0) is 13.0 Å². The molecular formula is C10H20N6S. The molecule has 0 N–H and O–H groups in total. The maximum Gasteiger partial charge on any atom is 0.153 e. The molecule has 0 aliphatic heterocycles. The molecule has 1 atom stereocenters. The van der Waals surface area contributed by atoms with Crippen molar-refractivity contribution in [2.45, 2.75) is 19.0 Å². The third-order valence-corrected chi connectivity index (χ3v) is 2.89. The fourth-order valence-electron chi connectivity index (χ4n) is 1.38. The van der Waals surface area contributed by atoms with Gasteiger partial charge in [0.25, 0.3) is 0 Å². The number of thiocarbonyl (C=S) groups is 1. The van der Waals surface area contributed by atoms with E-state index in [1.165, 1.54) is 0 Å². The summed E-state index contributed by atoms with van der Waals surface area (Å²) in [5.41, 5.74) is 0. The van der Waals surface area contributed by atoms with Gasteiger partial charge < -0.3 is 9.80 Å². The summed E-state index contributed by atoms with van der Waals surface area (Å²) in [5.74, 6) is 0.881. The van der Waals surface area contributed by atoms with E-state index < -0.39 is 0 Å². The quantitative estimate of drug-likeness (QED) is 0.625. The maximum absolute atomic E-state index is 5.02. The van der Waals surface area contributed by atoms with Crippen LogP contribution in [-0.4, -0.2) is 76.2 Å². The van der Waals surface area contributed by atoms with Gasteiger partial charge >= 0.3 is 0 Å². The van der Waals surface area contributed by atoms with Crippen LogP contribution in [0.3, 0.4) is 0 Å². The van der Waals surface area contributed by atoms with Crippen LogP contribution in [0.4, 0.5) is 0 Å². The third-order valence-electron chi connectivity index (χ3n) is 2.58. The predicted molar refractivity (Wildman–Crippen MR) is 71.2 cm³/mol. The Bertz CT molecular complexity index is 348. The fraction of sp³-hybridized carbons (Fsp3) is 0.800. The molecule has 7 heteroatoms. The smallest absolute Gasteiger partial charge is 0.153 e. The van der Waals surface area contributed by atoms with E-state index in [2.05, 4.69) is 25.3 Å². The monoisotopic (exact) mass is 256 g/mol. The molecule has 0 amide bonds. The van der Waals surface area contributed by atoms with Crippen molar-refractivity contribution in [3.63, 3.8) is 0 Å². The van der Waals surface area contributed by atoms with Crippen LogP contribution in [0.15, 0.2) is 0 Å². The summed E-state index contributed by atoms with van der Waals surface area (Å²) in [7, 11) is 8.07. The predicted octanol–water partition coefficient (Wildman–Crippen LogP) is -0.293. The van der Waals surface area contributed by atoms with Gasteiger partial charge in [-0.05, 0) is 44.0 Å². The van der Waals surface area contributed by atoms with Crippen LogP contribution in [0.25, 0.3) is 0 Å². The molecule has 1 aromatic heterocycles. The third kappa shape index (κ3) is 4.45. The second-order valence-electron chi connectivity index (χ2n) is 4.49. The molecule has 6 nitrogen and oxygen atoms in total. The average Bonchev–Trinajstić information content (AvgIpc) is 2.69. The molecule has 1 heterocycles. The van der Waals surface area contributed by atoms with Crippen molar-refractivity contribution in [2.75, 3.05) is 34.7 Å². The second kappa shape index (κ2) is 6.73. The van der Waals surface area contributed by atoms with E-state index in [1.54, 1.807) is 5.37 Å². The number of tetrazole rings is 1. The molecule has 0 saturated heterocycles. The summed E-state index contributed by atoms with van der Waals surface area (Å²) in [6.45, 7) is 1.72. The summed E-state index contributed by atoms with van der Waals surface area (Å²) in [5, 5.41) is 13.5. The van der Waals surface area contributed by atoms with Crippen LogP contribution in [0, 0.1) is 0 Å². The molecule has 0 fully saturated rings. The molecular weight excluding hydrogens is 236 g/mol. The van der Waals surface area contributed by atoms with E-state index in [0.29, 0.717) is 0 Å². The molecule has 0 aliphatic carbocycles. The second-order valence-corrected chi connectivity index (χ2v) is 4.76. The molecule has 0 spiro atoms. The molecule has 1 aromatic rings. The van der Waals surface area contributed by atoms with E-state index in [1.807, 2.05) is 32.9 Å².